The van der Waals surface area contributed by atoms with Crippen molar-refractivity contribution >= 4 is 22.5 Å². The van der Waals surface area contributed by atoms with Crippen molar-refractivity contribution in [2.45, 2.75) is 6.42 Å². The largest absolute Gasteiger partial charge is 0.506 e. The first-order valence-electron chi connectivity index (χ1n) is 7.68. The van der Waals surface area contributed by atoms with Gasteiger partial charge < -0.3 is 14.6 Å². The van der Waals surface area contributed by atoms with Gasteiger partial charge in [-0.1, -0.05) is 0 Å². The fourth-order valence-electron chi connectivity index (χ4n) is 2.43. The number of aromatic hydroxyl groups is 1. The molecule has 1 N–H and O–H groups in total. The first kappa shape index (κ1) is 16.4. The smallest absolute Gasteiger partial charge is 0.142 e. The van der Waals surface area contributed by atoms with Crippen molar-refractivity contribution in [1.82, 2.24) is 4.98 Å². The van der Waals surface area contributed by atoms with Crippen LogP contribution in [0.5, 0.6) is 17.2 Å². The Morgan fingerprint density at radius 2 is 1.79 bits per heavy atom. The first-order chi connectivity index (χ1) is 11.7. The third-order valence-electron chi connectivity index (χ3n) is 3.68. The fraction of sp³-hybridized carbons (Fsp3) is 0.211. The van der Waals surface area contributed by atoms with E-state index in [0.717, 1.165) is 34.4 Å². The van der Waals surface area contributed by atoms with Gasteiger partial charge in [0.15, 0.2) is 0 Å². The highest BCUT2D eigenvalue weighted by Gasteiger charge is 2.09. The molecule has 0 bridgehead atoms. The molecule has 0 radical (unpaired) electrons. The quantitative estimate of drug-likeness (QED) is 0.524. The lowest BCUT2D eigenvalue weighted by atomic mass is 10.1. The lowest BCUT2D eigenvalue weighted by Gasteiger charge is -2.09. The van der Waals surface area contributed by atoms with E-state index >= 15 is 0 Å². The Kier molecular flexibility index (Phi) is 5.06. The van der Waals surface area contributed by atoms with Gasteiger partial charge in [-0.25, -0.2) is 4.98 Å². The van der Waals surface area contributed by atoms with Gasteiger partial charge in [0.2, 0.25) is 0 Å². The number of methoxy groups -OCH3 is 1. The van der Waals surface area contributed by atoms with E-state index in [1.807, 2.05) is 42.5 Å². The van der Waals surface area contributed by atoms with Gasteiger partial charge in [-0.15, -0.1) is 11.6 Å². The molecule has 1 aromatic heterocycles. The van der Waals surface area contributed by atoms with E-state index in [1.165, 1.54) is 0 Å². The number of pyridine rings is 1. The maximum absolute atomic E-state index is 10.3. The number of fused-ring (bicyclic) bond motifs is 1. The van der Waals surface area contributed by atoms with Crippen LogP contribution >= 0.6 is 11.6 Å². The van der Waals surface area contributed by atoms with E-state index in [1.54, 1.807) is 13.2 Å². The predicted octanol–water partition coefficient (Wildman–Crippen LogP) is 4.62. The molecule has 0 aliphatic rings. The number of nitrogens with zero attached hydrogens (tertiary/aromatic N) is 1. The SMILES string of the molecule is COc1ccc2cc(O)c(-c3ccc(OCCCCl)cc3)nc2c1. The summed E-state index contributed by atoms with van der Waals surface area (Å²) in [6, 6.07) is 14.8. The second-order valence-electron chi connectivity index (χ2n) is 5.33. The van der Waals surface area contributed by atoms with E-state index in [-0.39, 0.29) is 5.75 Å². The van der Waals surface area contributed by atoms with E-state index in [9.17, 15) is 5.11 Å². The number of aromatic nitrogens is 1. The van der Waals surface area contributed by atoms with Gasteiger partial charge in [-0.2, -0.15) is 0 Å². The summed E-state index contributed by atoms with van der Waals surface area (Å²) < 4.78 is 10.8. The summed E-state index contributed by atoms with van der Waals surface area (Å²) in [6.45, 7) is 0.585. The van der Waals surface area contributed by atoms with Crippen molar-refractivity contribution in [2.75, 3.05) is 19.6 Å². The van der Waals surface area contributed by atoms with E-state index in [2.05, 4.69) is 4.98 Å². The molecule has 124 valence electrons. The Hall–Kier alpha value is -2.46. The molecule has 4 nitrogen and oxygen atoms in total. The molecule has 24 heavy (non-hydrogen) atoms. The van der Waals surface area contributed by atoms with Crippen LogP contribution in [0.3, 0.4) is 0 Å². The molecule has 1 heterocycles. The molecule has 5 heteroatoms. The zero-order valence-corrected chi connectivity index (χ0v) is 14.1. The minimum absolute atomic E-state index is 0.142. The number of ether oxygens (including phenoxy) is 2. The summed E-state index contributed by atoms with van der Waals surface area (Å²) in [5, 5.41) is 11.2. The van der Waals surface area contributed by atoms with Crippen LogP contribution in [0.2, 0.25) is 0 Å². The highest BCUT2D eigenvalue weighted by molar-refractivity contribution is 6.17. The lowest BCUT2D eigenvalue weighted by molar-refractivity contribution is 0.318. The average molecular weight is 344 g/mol. The van der Waals surface area contributed by atoms with Crippen LogP contribution in [0, 0.1) is 0 Å². The maximum atomic E-state index is 10.3. The van der Waals surface area contributed by atoms with E-state index < -0.39 is 0 Å². The Morgan fingerprint density at radius 1 is 1.04 bits per heavy atom. The summed E-state index contributed by atoms with van der Waals surface area (Å²) in [7, 11) is 1.62. The van der Waals surface area contributed by atoms with Gasteiger partial charge in [-0.05, 0) is 48.9 Å². The molecule has 0 spiro atoms. The molecule has 0 aliphatic heterocycles. The highest BCUT2D eigenvalue weighted by Crippen LogP contribution is 2.32. The van der Waals surface area contributed by atoms with E-state index in [0.29, 0.717) is 18.2 Å². The maximum Gasteiger partial charge on any atom is 0.142 e. The summed E-state index contributed by atoms with van der Waals surface area (Å²) >= 11 is 5.63. The molecule has 2 aromatic carbocycles. The Balaban J connectivity index is 1.91. The molecular formula is C19H18ClNO3. The first-order valence-corrected chi connectivity index (χ1v) is 8.21. The van der Waals surface area contributed by atoms with Crippen LogP contribution in [-0.4, -0.2) is 29.7 Å². The van der Waals surface area contributed by atoms with Crippen molar-refractivity contribution in [3.8, 4) is 28.5 Å². The normalized spacial score (nSPS) is 10.8. The standard InChI is InChI=1S/C19H18ClNO3/c1-23-16-8-5-14-11-18(22)19(21-17(14)12-16)13-3-6-15(7-4-13)24-10-2-9-20/h3-8,11-12,22H,2,9-10H2,1H3. The third kappa shape index (κ3) is 3.54. The molecule has 0 amide bonds. The zero-order valence-electron chi connectivity index (χ0n) is 13.3. The second kappa shape index (κ2) is 7.41. The number of alkyl halides is 1. The molecular weight excluding hydrogens is 326 g/mol. The average Bonchev–Trinajstić information content (AvgIpc) is 2.62. The molecule has 0 aliphatic carbocycles. The number of benzene rings is 2. The molecule has 0 fully saturated rings. The minimum Gasteiger partial charge on any atom is -0.506 e. The lowest BCUT2D eigenvalue weighted by Crippen LogP contribution is -1.97. The van der Waals surface area contributed by atoms with Crippen molar-refractivity contribution < 1.29 is 14.6 Å². The molecule has 0 saturated heterocycles. The van der Waals surface area contributed by atoms with Crippen molar-refractivity contribution in [3.05, 3.63) is 48.5 Å². The van der Waals surface area contributed by atoms with Crippen molar-refractivity contribution in [2.24, 2.45) is 0 Å². The molecule has 3 aromatic rings. The topological polar surface area (TPSA) is 51.6 Å². The minimum atomic E-state index is 0.142. The second-order valence-corrected chi connectivity index (χ2v) is 5.71. The van der Waals surface area contributed by atoms with Gasteiger partial charge >= 0.3 is 0 Å². The molecule has 3 rings (SSSR count). The van der Waals surface area contributed by atoms with E-state index in [4.69, 9.17) is 21.1 Å². The summed E-state index contributed by atoms with van der Waals surface area (Å²) in [5.74, 6) is 2.22. The molecule has 0 saturated carbocycles. The van der Waals surface area contributed by atoms with Crippen LogP contribution in [-0.2, 0) is 0 Å². The van der Waals surface area contributed by atoms with Gasteiger partial charge in [-0.3, -0.25) is 0 Å². The van der Waals surface area contributed by atoms with Gasteiger partial charge in [0, 0.05) is 22.9 Å². The Bertz CT molecular complexity index is 834. The van der Waals surface area contributed by atoms with Crippen molar-refractivity contribution in [3.63, 3.8) is 0 Å². The summed E-state index contributed by atoms with van der Waals surface area (Å²) in [6.07, 6.45) is 0.804. The third-order valence-corrected chi connectivity index (χ3v) is 3.95. The van der Waals surface area contributed by atoms with Gasteiger partial charge in [0.25, 0.3) is 0 Å². The Morgan fingerprint density at radius 3 is 2.50 bits per heavy atom. The number of rotatable bonds is 6. The van der Waals surface area contributed by atoms with Crippen LogP contribution in [0.1, 0.15) is 6.42 Å². The monoisotopic (exact) mass is 343 g/mol. The molecule has 0 atom stereocenters. The molecule has 0 unspecified atom stereocenters. The number of halogens is 1. The summed E-state index contributed by atoms with van der Waals surface area (Å²) in [5.41, 5.74) is 2.12. The Labute approximate surface area is 145 Å². The van der Waals surface area contributed by atoms with Gasteiger partial charge in [0.1, 0.15) is 22.9 Å². The predicted molar refractivity (Wildman–Crippen MR) is 96.2 cm³/mol. The van der Waals surface area contributed by atoms with Gasteiger partial charge in [0.05, 0.1) is 19.2 Å². The van der Waals surface area contributed by atoms with Crippen molar-refractivity contribution in [1.29, 1.82) is 0 Å². The highest BCUT2D eigenvalue weighted by atomic mass is 35.5. The number of hydrogen-bond acceptors (Lipinski definition) is 4. The number of hydrogen-bond donors (Lipinski definition) is 1. The van der Waals surface area contributed by atoms with Crippen LogP contribution < -0.4 is 9.47 Å². The van der Waals surface area contributed by atoms with Crippen LogP contribution in [0.4, 0.5) is 0 Å². The van der Waals surface area contributed by atoms with Crippen LogP contribution in [0.15, 0.2) is 48.5 Å². The van der Waals surface area contributed by atoms with Crippen LogP contribution in [0.25, 0.3) is 22.2 Å². The zero-order chi connectivity index (χ0) is 16.9. The fourth-order valence-corrected chi connectivity index (χ4v) is 2.54. The summed E-state index contributed by atoms with van der Waals surface area (Å²) in [4.78, 5) is 4.57.